The fraction of sp³-hybridized carbons (Fsp3) is 0.143. The van der Waals surface area contributed by atoms with E-state index < -0.39 is 0 Å². The molecule has 0 heterocycles. The van der Waals surface area contributed by atoms with Gasteiger partial charge in [-0.05, 0) is 65.4 Å². The molecule has 0 aliphatic rings. The van der Waals surface area contributed by atoms with E-state index >= 15 is 0 Å². The van der Waals surface area contributed by atoms with E-state index in [2.05, 4.69) is 27.9 Å². The Morgan fingerprint density at radius 3 is 2.53 bits per heavy atom. The summed E-state index contributed by atoms with van der Waals surface area (Å²) < 4.78 is 1.11. The number of nitrogens with two attached hydrogens (primary N) is 1. The van der Waals surface area contributed by atoms with Crippen LogP contribution in [0.4, 0.5) is 11.4 Å². The summed E-state index contributed by atoms with van der Waals surface area (Å²) in [6.07, 6.45) is 0. The topological polar surface area (TPSA) is 38.0 Å². The van der Waals surface area contributed by atoms with Crippen molar-refractivity contribution in [3.63, 3.8) is 0 Å². The van der Waals surface area contributed by atoms with Crippen LogP contribution in [0.2, 0.25) is 10.0 Å². The molecule has 0 spiro atoms. The van der Waals surface area contributed by atoms with Crippen LogP contribution in [-0.4, -0.2) is 0 Å². The van der Waals surface area contributed by atoms with Gasteiger partial charge in [-0.15, -0.1) is 0 Å². The predicted octanol–water partition coefficient (Wildman–Crippen LogP) is 5.35. The molecule has 0 aromatic heterocycles. The third kappa shape index (κ3) is 3.68. The highest BCUT2D eigenvalue weighted by atomic mass is 127. The highest BCUT2D eigenvalue weighted by molar-refractivity contribution is 14.1. The zero-order chi connectivity index (χ0) is 14.0. The first-order chi connectivity index (χ1) is 8.97. The zero-order valence-electron chi connectivity index (χ0n) is 10.3. The minimum atomic E-state index is 0.0483. The fourth-order valence-electron chi connectivity index (χ4n) is 1.83. The molecule has 0 radical (unpaired) electrons. The van der Waals surface area contributed by atoms with Crippen LogP contribution in [-0.2, 0) is 0 Å². The number of hydrogen-bond acceptors (Lipinski definition) is 2. The summed E-state index contributed by atoms with van der Waals surface area (Å²) in [5, 5.41) is 4.64. The Morgan fingerprint density at radius 1 is 1.16 bits per heavy atom. The van der Waals surface area contributed by atoms with Crippen LogP contribution < -0.4 is 11.1 Å². The predicted molar refractivity (Wildman–Crippen MR) is 92.1 cm³/mol. The summed E-state index contributed by atoms with van der Waals surface area (Å²) in [4.78, 5) is 0. The van der Waals surface area contributed by atoms with Gasteiger partial charge in [0.2, 0.25) is 0 Å². The maximum absolute atomic E-state index is 6.20. The Labute approximate surface area is 136 Å². The van der Waals surface area contributed by atoms with E-state index in [-0.39, 0.29) is 6.04 Å². The van der Waals surface area contributed by atoms with Crippen LogP contribution in [0.15, 0.2) is 36.4 Å². The van der Waals surface area contributed by atoms with E-state index in [4.69, 9.17) is 28.9 Å². The van der Waals surface area contributed by atoms with Crippen molar-refractivity contribution < 1.29 is 0 Å². The van der Waals surface area contributed by atoms with Crippen molar-refractivity contribution in [3.05, 3.63) is 55.6 Å². The molecule has 0 saturated heterocycles. The van der Waals surface area contributed by atoms with Gasteiger partial charge in [0.25, 0.3) is 0 Å². The van der Waals surface area contributed by atoms with Crippen LogP contribution in [0.5, 0.6) is 0 Å². The molecule has 2 rings (SSSR count). The van der Waals surface area contributed by atoms with Gasteiger partial charge in [-0.2, -0.15) is 0 Å². The highest BCUT2D eigenvalue weighted by Gasteiger charge is 2.11. The molecule has 1 unspecified atom stereocenters. The Bertz CT molecular complexity index is 602. The van der Waals surface area contributed by atoms with Gasteiger partial charge in [-0.3, -0.25) is 0 Å². The Hall–Kier alpha value is -0.650. The van der Waals surface area contributed by atoms with Gasteiger partial charge in [0, 0.05) is 13.6 Å². The summed E-state index contributed by atoms with van der Waals surface area (Å²) in [6, 6.07) is 11.5. The first kappa shape index (κ1) is 14.8. The van der Waals surface area contributed by atoms with Crippen molar-refractivity contribution in [2.24, 2.45) is 0 Å². The van der Waals surface area contributed by atoms with Gasteiger partial charge >= 0.3 is 0 Å². The number of rotatable bonds is 3. The Balaban J connectivity index is 2.23. The van der Waals surface area contributed by atoms with Crippen molar-refractivity contribution in [3.8, 4) is 0 Å². The molecule has 0 aliphatic carbocycles. The molecule has 2 nitrogen and oxygen atoms in total. The van der Waals surface area contributed by atoms with Gasteiger partial charge in [-0.25, -0.2) is 0 Å². The summed E-state index contributed by atoms with van der Waals surface area (Å²) >= 11 is 14.3. The second kappa shape index (κ2) is 6.20. The second-order valence-electron chi connectivity index (χ2n) is 4.26. The third-order valence-corrected chi connectivity index (χ3v) is 4.05. The van der Waals surface area contributed by atoms with E-state index in [1.807, 2.05) is 37.3 Å². The van der Waals surface area contributed by atoms with Gasteiger partial charge in [0.1, 0.15) is 0 Å². The molecule has 2 aromatic carbocycles. The van der Waals surface area contributed by atoms with Crippen molar-refractivity contribution in [2.45, 2.75) is 13.0 Å². The molecule has 2 aromatic rings. The maximum atomic E-state index is 6.20. The summed E-state index contributed by atoms with van der Waals surface area (Å²) in [6.45, 7) is 2.03. The van der Waals surface area contributed by atoms with Crippen LogP contribution in [0.1, 0.15) is 18.5 Å². The third-order valence-electron chi connectivity index (χ3n) is 2.81. The first-order valence-corrected chi connectivity index (χ1v) is 7.57. The van der Waals surface area contributed by atoms with Crippen LogP contribution in [0.25, 0.3) is 0 Å². The monoisotopic (exact) mass is 406 g/mol. The molecule has 1 atom stereocenters. The van der Waals surface area contributed by atoms with Crippen molar-refractivity contribution in [2.75, 3.05) is 11.1 Å². The molecule has 0 saturated carbocycles. The molecular weight excluding hydrogens is 394 g/mol. The van der Waals surface area contributed by atoms with E-state index in [0.29, 0.717) is 10.0 Å². The molecule has 0 aliphatic heterocycles. The Morgan fingerprint density at radius 2 is 1.89 bits per heavy atom. The molecule has 5 heteroatoms. The standard InChI is InChI=1S/C14H13Cl2IN2/c1-8(11-4-2-9(15)6-12(11)16)19-14-5-3-10(17)7-13(14)18/h2-8,19H,18H2,1H3. The summed E-state index contributed by atoms with van der Waals surface area (Å²) in [5.74, 6) is 0. The lowest BCUT2D eigenvalue weighted by Crippen LogP contribution is -2.09. The lowest BCUT2D eigenvalue weighted by atomic mass is 10.1. The number of hydrogen-bond donors (Lipinski definition) is 2. The number of nitrogen functional groups attached to an aromatic ring is 1. The minimum absolute atomic E-state index is 0.0483. The quantitative estimate of drug-likeness (QED) is 0.532. The SMILES string of the molecule is CC(Nc1ccc(I)cc1N)c1ccc(Cl)cc1Cl. The zero-order valence-corrected chi connectivity index (χ0v) is 13.9. The summed E-state index contributed by atoms with van der Waals surface area (Å²) in [5.41, 5.74) is 8.61. The van der Waals surface area contributed by atoms with Crippen LogP contribution >= 0.6 is 45.8 Å². The van der Waals surface area contributed by atoms with Crippen LogP contribution in [0.3, 0.4) is 0 Å². The van der Waals surface area contributed by atoms with Gasteiger partial charge in [-0.1, -0.05) is 29.3 Å². The van der Waals surface area contributed by atoms with Gasteiger partial charge in [0.05, 0.1) is 17.4 Å². The minimum Gasteiger partial charge on any atom is -0.397 e. The van der Waals surface area contributed by atoms with Crippen LogP contribution in [0, 0.1) is 3.57 Å². The van der Waals surface area contributed by atoms with E-state index in [0.717, 1.165) is 20.5 Å². The largest absolute Gasteiger partial charge is 0.397 e. The van der Waals surface area contributed by atoms with Gasteiger partial charge in [0.15, 0.2) is 0 Å². The first-order valence-electron chi connectivity index (χ1n) is 5.74. The molecule has 3 N–H and O–H groups in total. The number of anilines is 2. The number of nitrogens with one attached hydrogen (secondary N) is 1. The van der Waals surface area contributed by atoms with Gasteiger partial charge < -0.3 is 11.1 Å². The smallest absolute Gasteiger partial charge is 0.0579 e. The van der Waals surface area contributed by atoms with E-state index in [1.54, 1.807) is 6.07 Å². The van der Waals surface area contributed by atoms with Crippen molar-refractivity contribution in [1.82, 2.24) is 0 Å². The lowest BCUT2D eigenvalue weighted by Gasteiger charge is -2.18. The fourth-order valence-corrected chi connectivity index (χ4v) is 2.92. The highest BCUT2D eigenvalue weighted by Crippen LogP contribution is 2.30. The number of benzene rings is 2. The summed E-state index contributed by atoms with van der Waals surface area (Å²) in [7, 11) is 0. The average Bonchev–Trinajstić information content (AvgIpc) is 2.32. The average molecular weight is 407 g/mol. The molecular formula is C14H13Cl2IN2. The molecule has 100 valence electrons. The lowest BCUT2D eigenvalue weighted by molar-refractivity contribution is 0.886. The van der Waals surface area contributed by atoms with Crippen molar-refractivity contribution in [1.29, 1.82) is 0 Å². The second-order valence-corrected chi connectivity index (χ2v) is 6.35. The molecule has 0 fully saturated rings. The van der Waals surface area contributed by atoms with E-state index in [9.17, 15) is 0 Å². The van der Waals surface area contributed by atoms with E-state index in [1.165, 1.54) is 0 Å². The Kier molecular flexibility index (Phi) is 4.81. The molecule has 19 heavy (non-hydrogen) atoms. The molecule has 0 bridgehead atoms. The number of halogens is 3. The maximum Gasteiger partial charge on any atom is 0.0579 e. The molecule has 0 amide bonds. The normalized spacial score (nSPS) is 12.2. The van der Waals surface area contributed by atoms with Crippen molar-refractivity contribution >= 4 is 57.2 Å².